The molecule has 0 aliphatic heterocycles. The fourth-order valence-corrected chi connectivity index (χ4v) is 2.80. The van der Waals surface area contributed by atoms with Crippen LogP contribution in [0.15, 0.2) is 17.8 Å². The molecule has 1 unspecified atom stereocenters. The van der Waals surface area contributed by atoms with Gasteiger partial charge in [0.2, 0.25) is 0 Å². The Bertz CT molecular complexity index is 510. The minimum absolute atomic E-state index is 0.315. The molecule has 0 aromatic carbocycles. The minimum Gasteiger partial charge on any atom is -0.465 e. The van der Waals surface area contributed by atoms with Crippen LogP contribution in [0.2, 0.25) is 0 Å². The molecule has 2 aromatic heterocycles. The van der Waals surface area contributed by atoms with Crippen LogP contribution in [0.1, 0.15) is 27.5 Å². The first-order valence-electron chi connectivity index (χ1n) is 5.38. The Labute approximate surface area is 113 Å². The van der Waals surface area contributed by atoms with Gasteiger partial charge in [-0.25, -0.2) is 14.8 Å². The van der Waals surface area contributed by atoms with Crippen LogP contribution in [0.5, 0.6) is 0 Å². The molecule has 0 aliphatic rings. The molecule has 0 amide bonds. The predicted octanol–water partition coefficient (Wildman–Crippen LogP) is 2.60. The van der Waals surface area contributed by atoms with Crippen molar-refractivity contribution < 1.29 is 9.53 Å². The first kappa shape index (κ1) is 13.0. The number of nitrogens with one attached hydrogen (secondary N) is 1. The Morgan fingerprint density at radius 2 is 2.39 bits per heavy atom. The number of aromatic nitrogens is 2. The molecule has 0 radical (unpaired) electrons. The van der Waals surface area contributed by atoms with E-state index in [1.54, 1.807) is 17.5 Å². The highest BCUT2D eigenvalue weighted by Crippen LogP contribution is 2.22. The number of hydrogen-bond acceptors (Lipinski definition) is 7. The number of thiazole rings is 2. The van der Waals surface area contributed by atoms with Gasteiger partial charge in [-0.2, -0.15) is 0 Å². The van der Waals surface area contributed by atoms with Crippen molar-refractivity contribution in [2.45, 2.75) is 12.8 Å². The van der Waals surface area contributed by atoms with Gasteiger partial charge in [-0.1, -0.05) is 18.3 Å². The van der Waals surface area contributed by atoms with E-state index >= 15 is 0 Å². The van der Waals surface area contributed by atoms with Crippen LogP contribution in [-0.2, 0) is 4.74 Å². The van der Waals surface area contributed by atoms with Crippen LogP contribution in [0.25, 0.3) is 0 Å². The number of hydrogen-bond donors (Lipinski definition) is 1. The molecule has 18 heavy (non-hydrogen) atoms. The van der Waals surface area contributed by atoms with E-state index in [9.17, 15) is 4.79 Å². The summed E-state index contributed by atoms with van der Waals surface area (Å²) in [5.41, 5.74) is 0. The van der Waals surface area contributed by atoms with Crippen molar-refractivity contribution in [2.24, 2.45) is 0 Å². The second-order valence-electron chi connectivity index (χ2n) is 3.67. The Morgan fingerprint density at radius 1 is 1.56 bits per heavy atom. The average Bonchev–Trinajstić information content (AvgIpc) is 3.05. The van der Waals surface area contributed by atoms with Gasteiger partial charge in [0, 0.05) is 24.0 Å². The first-order valence-corrected chi connectivity index (χ1v) is 7.07. The molecule has 96 valence electrons. The molecule has 1 atom stereocenters. The second-order valence-corrected chi connectivity index (χ2v) is 5.63. The highest BCUT2D eigenvalue weighted by atomic mass is 32.1. The van der Waals surface area contributed by atoms with Crippen LogP contribution in [-0.4, -0.2) is 29.6 Å². The molecule has 7 heteroatoms. The third kappa shape index (κ3) is 3.05. The molecule has 0 saturated heterocycles. The van der Waals surface area contributed by atoms with E-state index in [0.717, 1.165) is 16.7 Å². The summed E-state index contributed by atoms with van der Waals surface area (Å²) in [6.07, 6.45) is 3.32. The van der Waals surface area contributed by atoms with Crippen LogP contribution < -0.4 is 5.32 Å². The lowest BCUT2D eigenvalue weighted by Crippen LogP contribution is -2.09. The van der Waals surface area contributed by atoms with Crippen molar-refractivity contribution >= 4 is 33.8 Å². The van der Waals surface area contributed by atoms with E-state index in [4.69, 9.17) is 0 Å². The average molecular weight is 283 g/mol. The van der Waals surface area contributed by atoms with E-state index in [1.165, 1.54) is 24.6 Å². The van der Waals surface area contributed by atoms with E-state index in [0.29, 0.717) is 10.8 Å². The predicted molar refractivity (Wildman–Crippen MR) is 72.5 cm³/mol. The number of methoxy groups -OCH3 is 1. The zero-order valence-corrected chi connectivity index (χ0v) is 11.7. The van der Waals surface area contributed by atoms with Gasteiger partial charge < -0.3 is 10.1 Å². The lowest BCUT2D eigenvalue weighted by atomic mass is 10.2. The molecule has 0 fully saturated rings. The second kappa shape index (κ2) is 5.92. The number of carbonyl (C=O) groups excluding carboxylic acids is 1. The Kier molecular flexibility index (Phi) is 4.27. The van der Waals surface area contributed by atoms with E-state index in [1.807, 2.05) is 5.38 Å². The minimum atomic E-state index is -0.353. The highest BCUT2D eigenvalue weighted by molar-refractivity contribution is 7.17. The smallest absolute Gasteiger partial charge is 0.349 e. The standard InChI is InChI=1S/C11H13N3O2S2/c1-7(9-12-3-4-17-9)5-13-11-14-6-8(18-11)10(15)16-2/h3-4,6-7H,5H2,1-2H3,(H,13,14). The third-order valence-corrected chi connectivity index (χ3v) is 4.27. The summed E-state index contributed by atoms with van der Waals surface area (Å²) >= 11 is 2.93. The topological polar surface area (TPSA) is 64.1 Å². The van der Waals surface area contributed by atoms with E-state index in [-0.39, 0.29) is 5.97 Å². The van der Waals surface area contributed by atoms with Crippen molar-refractivity contribution in [3.8, 4) is 0 Å². The van der Waals surface area contributed by atoms with Crippen LogP contribution in [0.4, 0.5) is 5.13 Å². The molecular weight excluding hydrogens is 270 g/mol. The van der Waals surface area contributed by atoms with Crippen molar-refractivity contribution in [1.29, 1.82) is 0 Å². The molecule has 1 N–H and O–H groups in total. The number of carbonyl (C=O) groups is 1. The van der Waals surface area contributed by atoms with Gasteiger partial charge in [0.1, 0.15) is 4.88 Å². The lowest BCUT2D eigenvalue weighted by Gasteiger charge is -2.08. The lowest BCUT2D eigenvalue weighted by molar-refractivity contribution is 0.0606. The normalized spacial score (nSPS) is 12.1. The van der Waals surface area contributed by atoms with Gasteiger partial charge in [0.15, 0.2) is 5.13 Å². The molecule has 0 aliphatic carbocycles. The van der Waals surface area contributed by atoms with E-state index < -0.39 is 0 Å². The van der Waals surface area contributed by atoms with Gasteiger partial charge in [-0.05, 0) is 0 Å². The van der Waals surface area contributed by atoms with Crippen molar-refractivity contribution in [1.82, 2.24) is 9.97 Å². The molecular formula is C11H13N3O2S2. The summed E-state index contributed by atoms with van der Waals surface area (Å²) < 4.78 is 4.63. The number of esters is 1. The van der Waals surface area contributed by atoms with Crippen molar-refractivity contribution in [3.05, 3.63) is 27.7 Å². The number of ether oxygens (including phenoxy) is 1. The van der Waals surface area contributed by atoms with E-state index in [2.05, 4.69) is 26.9 Å². The molecule has 0 saturated carbocycles. The van der Waals surface area contributed by atoms with Crippen LogP contribution in [0, 0.1) is 0 Å². The summed E-state index contributed by atoms with van der Waals surface area (Å²) in [6.45, 7) is 2.84. The summed E-state index contributed by atoms with van der Waals surface area (Å²) in [6, 6.07) is 0. The SMILES string of the molecule is COC(=O)c1cnc(NCC(C)c2nccs2)s1. The molecule has 2 heterocycles. The van der Waals surface area contributed by atoms with Crippen LogP contribution >= 0.6 is 22.7 Å². The largest absolute Gasteiger partial charge is 0.465 e. The zero-order valence-electron chi connectivity index (χ0n) is 10.0. The maximum Gasteiger partial charge on any atom is 0.349 e. The fourth-order valence-electron chi connectivity index (χ4n) is 1.36. The third-order valence-electron chi connectivity index (χ3n) is 2.32. The van der Waals surface area contributed by atoms with Crippen molar-refractivity contribution in [3.63, 3.8) is 0 Å². The van der Waals surface area contributed by atoms with Crippen LogP contribution in [0.3, 0.4) is 0 Å². The van der Waals surface area contributed by atoms with Gasteiger partial charge in [-0.15, -0.1) is 11.3 Å². The van der Waals surface area contributed by atoms with Gasteiger partial charge >= 0.3 is 5.97 Å². The fraction of sp³-hybridized carbons (Fsp3) is 0.364. The van der Waals surface area contributed by atoms with Gasteiger partial charge in [0.25, 0.3) is 0 Å². The number of nitrogens with zero attached hydrogens (tertiary/aromatic N) is 2. The number of rotatable bonds is 5. The highest BCUT2D eigenvalue weighted by Gasteiger charge is 2.12. The maximum absolute atomic E-state index is 11.3. The Hall–Kier alpha value is -1.47. The summed E-state index contributed by atoms with van der Waals surface area (Å²) in [5.74, 6) is -0.0380. The quantitative estimate of drug-likeness (QED) is 0.854. The molecule has 2 rings (SSSR count). The molecule has 5 nitrogen and oxygen atoms in total. The van der Waals surface area contributed by atoms with Crippen molar-refractivity contribution in [2.75, 3.05) is 19.0 Å². The van der Waals surface area contributed by atoms with Gasteiger partial charge in [0.05, 0.1) is 18.3 Å². The molecule has 0 bridgehead atoms. The Morgan fingerprint density at radius 3 is 3.06 bits per heavy atom. The summed E-state index contributed by atoms with van der Waals surface area (Å²) in [7, 11) is 1.36. The first-order chi connectivity index (χ1) is 8.70. The monoisotopic (exact) mass is 283 g/mol. The zero-order chi connectivity index (χ0) is 13.0. The molecule has 2 aromatic rings. The maximum atomic E-state index is 11.3. The Balaban J connectivity index is 1.90. The summed E-state index contributed by atoms with van der Waals surface area (Å²) in [4.78, 5) is 20.2. The number of anilines is 1. The molecule has 0 spiro atoms. The summed E-state index contributed by atoms with van der Waals surface area (Å²) in [5, 5.41) is 6.97. The van der Waals surface area contributed by atoms with Gasteiger partial charge in [-0.3, -0.25) is 0 Å².